The quantitative estimate of drug-likeness (QED) is 0.853. The zero-order chi connectivity index (χ0) is 13.5. The molecule has 1 aromatic rings. The van der Waals surface area contributed by atoms with Gasteiger partial charge in [-0.05, 0) is 37.4 Å². The van der Waals surface area contributed by atoms with E-state index in [0.717, 1.165) is 26.2 Å². The zero-order valence-electron chi connectivity index (χ0n) is 12.2. The van der Waals surface area contributed by atoms with E-state index in [-0.39, 0.29) is 0 Å². The van der Waals surface area contributed by atoms with Crippen LogP contribution < -0.4 is 10.2 Å². The first-order valence-electron chi connectivity index (χ1n) is 7.42. The maximum Gasteiger partial charge on any atom is 0.0749 e. The lowest BCUT2D eigenvalue weighted by atomic mass is 10.1. The van der Waals surface area contributed by atoms with Crippen molar-refractivity contribution in [3.63, 3.8) is 0 Å². The Morgan fingerprint density at radius 1 is 1.32 bits per heavy atom. The van der Waals surface area contributed by atoms with Crippen LogP contribution in [0, 0.1) is 0 Å². The normalized spacial score (nSPS) is 19.4. The number of hydrogen-bond donors (Lipinski definition) is 1. The van der Waals surface area contributed by atoms with Crippen LogP contribution in [0.2, 0.25) is 0 Å². The largest absolute Gasteiger partial charge is 0.376 e. The Bertz CT molecular complexity index is 375. The minimum Gasteiger partial charge on any atom is -0.376 e. The van der Waals surface area contributed by atoms with E-state index in [0.29, 0.717) is 6.10 Å². The van der Waals surface area contributed by atoms with Gasteiger partial charge in [0.1, 0.15) is 0 Å². The molecule has 106 valence electrons. The van der Waals surface area contributed by atoms with E-state index in [1.165, 1.54) is 30.5 Å². The second-order valence-electron chi connectivity index (χ2n) is 5.28. The van der Waals surface area contributed by atoms with E-state index in [4.69, 9.17) is 4.74 Å². The Labute approximate surface area is 116 Å². The fourth-order valence-electron chi connectivity index (χ4n) is 2.65. The van der Waals surface area contributed by atoms with Crippen LogP contribution in [-0.4, -0.2) is 32.8 Å². The van der Waals surface area contributed by atoms with E-state index in [2.05, 4.69) is 48.5 Å². The summed E-state index contributed by atoms with van der Waals surface area (Å²) < 4.78 is 5.83. The highest BCUT2D eigenvalue weighted by molar-refractivity contribution is 5.53. The molecule has 0 spiro atoms. The average molecular weight is 262 g/mol. The predicted octanol–water partition coefficient (Wildman–Crippen LogP) is 2.80. The number of nitrogens with zero attached hydrogens (tertiary/aromatic N) is 1. The predicted molar refractivity (Wildman–Crippen MR) is 80.7 cm³/mol. The third-order valence-corrected chi connectivity index (χ3v) is 3.72. The van der Waals surface area contributed by atoms with Gasteiger partial charge in [-0.25, -0.2) is 0 Å². The summed E-state index contributed by atoms with van der Waals surface area (Å²) in [5.41, 5.74) is 2.68. The Hall–Kier alpha value is -1.06. The van der Waals surface area contributed by atoms with Crippen LogP contribution in [0.4, 0.5) is 5.69 Å². The van der Waals surface area contributed by atoms with Crippen molar-refractivity contribution in [2.24, 2.45) is 0 Å². The molecule has 0 radical (unpaired) electrons. The van der Waals surface area contributed by atoms with Crippen molar-refractivity contribution in [2.75, 3.05) is 31.6 Å². The standard InChI is InChI=1S/C16H26N2O/c1-3-17-12-14-8-4-5-10-16(14)18(2)13-15-9-6-7-11-19-15/h4-5,8,10,15,17H,3,6-7,9,11-13H2,1-2H3. The highest BCUT2D eigenvalue weighted by atomic mass is 16.5. The maximum absolute atomic E-state index is 5.83. The van der Waals surface area contributed by atoms with E-state index < -0.39 is 0 Å². The smallest absolute Gasteiger partial charge is 0.0749 e. The molecule has 1 N–H and O–H groups in total. The van der Waals surface area contributed by atoms with Crippen LogP contribution in [-0.2, 0) is 11.3 Å². The summed E-state index contributed by atoms with van der Waals surface area (Å²) in [5, 5.41) is 3.41. The molecule has 1 aliphatic heterocycles. The molecule has 1 unspecified atom stereocenters. The number of likely N-dealkylation sites (N-methyl/N-ethyl adjacent to an activating group) is 1. The van der Waals surface area contributed by atoms with Crippen LogP contribution in [0.3, 0.4) is 0 Å². The van der Waals surface area contributed by atoms with E-state index in [1.54, 1.807) is 0 Å². The molecule has 19 heavy (non-hydrogen) atoms. The van der Waals surface area contributed by atoms with Gasteiger partial charge < -0.3 is 15.0 Å². The van der Waals surface area contributed by atoms with Crippen molar-refractivity contribution in [2.45, 2.75) is 38.8 Å². The van der Waals surface area contributed by atoms with Gasteiger partial charge in [-0.1, -0.05) is 25.1 Å². The summed E-state index contributed by atoms with van der Waals surface area (Å²) in [4.78, 5) is 2.34. The van der Waals surface area contributed by atoms with Crippen LogP contribution in [0.1, 0.15) is 31.7 Å². The SMILES string of the molecule is CCNCc1ccccc1N(C)CC1CCCCO1. The Morgan fingerprint density at radius 2 is 2.16 bits per heavy atom. The van der Waals surface area contributed by atoms with E-state index in [1.807, 2.05) is 0 Å². The number of benzene rings is 1. The van der Waals surface area contributed by atoms with Crippen LogP contribution in [0.15, 0.2) is 24.3 Å². The van der Waals surface area contributed by atoms with Gasteiger partial charge in [0.15, 0.2) is 0 Å². The fraction of sp³-hybridized carbons (Fsp3) is 0.625. The lowest BCUT2D eigenvalue weighted by Gasteiger charge is -2.30. The molecule has 0 aliphatic carbocycles. The summed E-state index contributed by atoms with van der Waals surface area (Å²) in [7, 11) is 2.17. The molecule has 0 amide bonds. The van der Waals surface area contributed by atoms with E-state index >= 15 is 0 Å². The highest BCUT2D eigenvalue weighted by Gasteiger charge is 2.17. The highest BCUT2D eigenvalue weighted by Crippen LogP contribution is 2.21. The summed E-state index contributed by atoms with van der Waals surface area (Å²) in [5.74, 6) is 0. The van der Waals surface area contributed by atoms with Crippen molar-refractivity contribution < 1.29 is 4.74 Å². The molecule has 1 aliphatic rings. The average Bonchev–Trinajstić information content (AvgIpc) is 2.46. The number of ether oxygens (including phenoxy) is 1. The lowest BCUT2D eigenvalue weighted by molar-refractivity contribution is 0.0216. The van der Waals surface area contributed by atoms with Crippen molar-refractivity contribution in [3.8, 4) is 0 Å². The van der Waals surface area contributed by atoms with Crippen LogP contribution in [0.5, 0.6) is 0 Å². The van der Waals surface area contributed by atoms with Crippen molar-refractivity contribution in [1.29, 1.82) is 0 Å². The number of rotatable bonds is 6. The second-order valence-corrected chi connectivity index (χ2v) is 5.28. The molecule has 2 rings (SSSR count). The first-order chi connectivity index (χ1) is 9.31. The summed E-state index contributed by atoms with van der Waals surface area (Å²) in [6.45, 7) is 6.00. The monoisotopic (exact) mass is 262 g/mol. The molecule has 1 heterocycles. The maximum atomic E-state index is 5.83. The van der Waals surface area contributed by atoms with Crippen LogP contribution in [0.25, 0.3) is 0 Å². The summed E-state index contributed by atoms with van der Waals surface area (Å²) in [6.07, 6.45) is 4.11. The lowest BCUT2D eigenvalue weighted by Crippen LogP contribution is -2.34. The molecule has 0 saturated carbocycles. The van der Waals surface area contributed by atoms with Gasteiger partial charge in [-0.15, -0.1) is 0 Å². The third-order valence-electron chi connectivity index (χ3n) is 3.72. The fourth-order valence-corrected chi connectivity index (χ4v) is 2.65. The molecular weight excluding hydrogens is 236 g/mol. The minimum absolute atomic E-state index is 0.394. The first-order valence-corrected chi connectivity index (χ1v) is 7.42. The topological polar surface area (TPSA) is 24.5 Å². The van der Waals surface area contributed by atoms with Gasteiger partial charge >= 0.3 is 0 Å². The Kier molecular flexibility index (Phi) is 5.67. The summed E-state index contributed by atoms with van der Waals surface area (Å²) in [6, 6.07) is 8.63. The van der Waals surface area contributed by atoms with E-state index in [9.17, 15) is 0 Å². The number of anilines is 1. The van der Waals surface area contributed by atoms with Gasteiger partial charge in [0.25, 0.3) is 0 Å². The molecule has 3 nitrogen and oxygen atoms in total. The van der Waals surface area contributed by atoms with Gasteiger partial charge in [0.05, 0.1) is 6.10 Å². The molecule has 3 heteroatoms. The van der Waals surface area contributed by atoms with Gasteiger partial charge in [-0.2, -0.15) is 0 Å². The Balaban J connectivity index is 1.98. The third kappa shape index (κ3) is 4.22. The van der Waals surface area contributed by atoms with Crippen molar-refractivity contribution >= 4 is 5.69 Å². The zero-order valence-corrected chi connectivity index (χ0v) is 12.2. The molecule has 1 fully saturated rings. The molecule has 1 saturated heterocycles. The van der Waals surface area contributed by atoms with Gasteiger partial charge in [0, 0.05) is 32.4 Å². The number of nitrogens with one attached hydrogen (secondary N) is 1. The van der Waals surface area contributed by atoms with Crippen molar-refractivity contribution in [1.82, 2.24) is 5.32 Å². The minimum atomic E-state index is 0.394. The molecule has 1 aromatic carbocycles. The molecular formula is C16H26N2O. The molecule has 1 atom stereocenters. The summed E-state index contributed by atoms with van der Waals surface area (Å²) >= 11 is 0. The first kappa shape index (κ1) is 14.4. The van der Waals surface area contributed by atoms with Gasteiger partial charge in [-0.3, -0.25) is 0 Å². The van der Waals surface area contributed by atoms with Crippen LogP contribution >= 0.6 is 0 Å². The Morgan fingerprint density at radius 3 is 2.89 bits per heavy atom. The number of para-hydroxylation sites is 1. The molecule has 0 aromatic heterocycles. The van der Waals surface area contributed by atoms with Gasteiger partial charge in [0.2, 0.25) is 0 Å². The molecule has 0 bridgehead atoms. The second kappa shape index (κ2) is 7.51. The number of hydrogen-bond acceptors (Lipinski definition) is 3. The van der Waals surface area contributed by atoms with Crippen molar-refractivity contribution in [3.05, 3.63) is 29.8 Å².